The van der Waals surface area contributed by atoms with E-state index in [4.69, 9.17) is 32.7 Å². The van der Waals surface area contributed by atoms with Crippen LogP contribution in [0.1, 0.15) is 22.6 Å². The first-order valence-electron chi connectivity index (χ1n) is 10.8. The number of nitrogens with zero attached hydrogens (tertiary/aromatic N) is 4. The summed E-state index contributed by atoms with van der Waals surface area (Å²) in [6.45, 7) is 2.86. The van der Waals surface area contributed by atoms with Crippen LogP contribution in [0.4, 0.5) is 14.3 Å². The Kier molecular flexibility index (Phi) is 8.03. The summed E-state index contributed by atoms with van der Waals surface area (Å²) in [5.41, 5.74) is 0.857. The average molecular weight is 561 g/mol. The van der Waals surface area contributed by atoms with Crippen LogP contribution in [0.2, 0.25) is 10.0 Å². The van der Waals surface area contributed by atoms with Gasteiger partial charge in [-0.05, 0) is 13.3 Å². The monoisotopic (exact) mass is 560 g/mol. The van der Waals surface area contributed by atoms with Crippen molar-refractivity contribution >= 4 is 51.7 Å². The molecular weight excluding hydrogens is 538 g/mol. The van der Waals surface area contributed by atoms with Gasteiger partial charge >= 0.3 is 6.16 Å². The fourth-order valence-corrected chi connectivity index (χ4v) is 5.19. The highest BCUT2D eigenvalue weighted by Crippen LogP contribution is 2.40. The lowest BCUT2D eigenvalue weighted by molar-refractivity contribution is 0.0894. The predicted molar refractivity (Wildman–Crippen MR) is 132 cm³/mol. The molecule has 0 radical (unpaired) electrons. The second-order valence-electron chi connectivity index (χ2n) is 8.02. The zero-order chi connectivity index (χ0) is 26.0. The van der Waals surface area contributed by atoms with Crippen LogP contribution in [-0.2, 0) is 11.3 Å². The first-order chi connectivity index (χ1) is 17.2. The van der Waals surface area contributed by atoms with Gasteiger partial charge in [0.05, 0.1) is 29.2 Å². The van der Waals surface area contributed by atoms with Gasteiger partial charge in [-0.3, -0.25) is 4.79 Å². The number of piperidine rings is 1. The summed E-state index contributed by atoms with van der Waals surface area (Å²) >= 11 is 13.1. The van der Waals surface area contributed by atoms with Crippen molar-refractivity contribution < 1.29 is 28.6 Å². The van der Waals surface area contributed by atoms with Crippen LogP contribution in [-0.4, -0.2) is 75.7 Å². The van der Waals surface area contributed by atoms with Gasteiger partial charge in [0.25, 0.3) is 5.91 Å². The van der Waals surface area contributed by atoms with Crippen molar-refractivity contribution in [2.75, 3.05) is 31.7 Å². The van der Waals surface area contributed by atoms with Gasteiger partial charge < -0.3 is 34.3 Å². The molecule has 0 saturated carbocycles. The standard InChI is InChI=1S/C21H23Cl2FN6O5S/c1-10-13(22)14(23)15(26-10)18(31)27-12-3-5-30(9-11(12)24)20-28-16(19(36-20)35-21(32)33)17-25-4-6-29(17)7-8-34-2/h4,6,11-12,26H,3,5,7-9H2,1-2H3,(H,27,31)(H,32,33)/t11-,12+/m0/s1. The molecule has 3 aromatic rings. The number of hydrogen-bond donors (Lipinski definition) is 3. The molecule has 1 saturated heterocycles. The Bertz CT molecular complexity index is 1260. The molecule has 1 fully saturated rings. The van der Waals surface area contributed by atoms with Gasteiger partial charge in [0.2, 0.25) is 5.06 Å². The molecule has 0 spiro atoms. The Labute approximate surface area is 219 Å². The van der Waals surface area contributed by atoms with E-state index in [1.54, 1.807) is 35.9 Å². The van der Waals surface area contributed by atoms with Crippen molar-refractivity contribution in [2.24, 2.45) is 0 Å². The van der Waals surface area contributed by atoms with E-state index in [9.17, 15) is 14.7 Å². The minimum Gasteiger partial charge on any atom is -0.449 e. The molecule has 36 heavy (non-hydrogen) atoms. The molecule has 0 aromatic carbocycles. The number of carbonyl (C=O) groups is 2. The van der Waals surface area contributed by atoms with Crippen LogP contribution in [0.15, 0.2) is 12.4 Å². The lowest BCUT2D eigenvalue weighted by Gasteiger charge is -2.34. The summed E-state index contributed by atoms with van der Waals surface area (Å²) in [4.78, 5) is 37.2. The first-order valence-corrected chi connectivity index (χ1v) is 12.4. The Hall–Kier alpha value is -2.87. The van der Waals surface area contributed by atoms with E-state index in [-0.39, 0.29) is 39.5 Å². The summed E-state index contributed by atoms with van der Waals surface area (Å²) in [5.74, 6) is -0.144. The largest absolute Gasteiger partial charge is 0.512 e. The van der Waals surface area contributed by atoms with Gasteiger partial charge in [-0.25, -0.2) is 19.2 Å². The van der Waals surface area contributed by atoms with Crippen LogP contribution >= 0.6 is 34.5 Å². The number of amides is 1. The lowest BCUT2D eigenvalue weighted by Crippen LogP contribution is -2.52. The van der Waals surface area contributed by atoms with Crippen LogP contribution in [0.3, 0.4) is 0 Å². The van der Waals surface area contributed by atoms with Gasteiger partial charge in [0.1, 0.15) is 11.9 Å². The third-order valence-electron chi connectivity index (χ3n) is 5.64. The number of aromatic nitrogens is 4. The second-order valence-corrected chi connectivity index (χ2v) is 9.72. The van der Waals surface area contributed by atoms with E-state index in [1.807, 2.05) is 0 Å². The molecule has 0 bridgehead atoms. The van der Waals surface area contributed by atoms with Crippen LogP contribution in [0.5, 0.6) is 5.06 Å². The molecule has 4 heterocycles. The SMILES string of the molecule is COCCn1ccnc1-c1nc(N2CC[C@@H](NC(=O)c3[nH]c(C)c(Cl)c3Cl)[C@@H](F)C2)sc1OC(=O)O. The number of nitrogens with one attached hydrogen (secondary N) is 2. The number of methoxy groups -OCH3 is 1. The van der Waals surface area contributed by atoms with E-state index >= 15 is 4.39 Å². The zero-order valence-corrected chi connectivity index (χ0v) is 21.6. The number of anilines is 1. The molecule has 3 aromatic heterocycles. The number of hydrogen-bond acceptors (Lipinski definition) is 8. The van der Waals surface area contributed by atoms with E-state index < -0.39 is 24.3 Å². The smallest absolute Gasteiger partial charge is 0.449 e. The molecule has 0 unspecified atom stereocenters. The Morgan fingerprint density at radius 2 is 2.17 bits per heavy atom. The highest BCUT2D eigenvalue weighted by atomic mass is 35.5. The van der Waals surface area contributed by atoms with E-state index in [0.29, 0.717) is 36.3 Å². The number of ether oxygens (including phenoxy) is 2. The summed E-state index contributed by atoms with van der Waals surface area (Å²) in [5, 5.41) is 12.6. The Morgan fingerprint density at radius 3 is 2.81 bits per heavy atom. The minimum atomic E-state index is -1.50. The molecule has 0 aliphatic carbocycles. The predicted octanol–water partition coefficient (Wildman–Crippen LogP) is 4.00. The van der Waals surface area contributed by atoms with Gasteiger partial charge in [0.15, 0.2) is 16.6 Å². The van der Waals surface area contributed by atoms with Crippen molar-refractivity contribution in [3.63, 3.8) is 0 Å². The van der Waals surface area contributed by atoms with Crippen molar-refractivity contribution in [1.82, 2.24) is 24.8 Å². The van der Waals surface area contributed by atoms with E-state index in [1.165, 1.54) is 0 Å². The van der Waals surface area contributed by atoms with E-state index in [2.05, 4.69) is 20.3 Å². The summed E-state index contributed by atoms with van der Waals surface area (Å²) in [6.07, 6.45) is 0.641. The van der Waals surface area contributed by atoms with Gasteiger partial charge in [-0.15, -0.1) is 0 Å². The number of H-pyrrole nitrogens is 1. The van der Waals surface area contributed by atoms with Gasteiger partial charge in [-0.2, -0.15) is 0 Å². The summed E-state index contributed by atoms with van der Waals surface area (Å²) in [6, 6.07) is -0.755. The van der Waals surface area contributed by atoms with Gasteiger partial charge in [0, 0.05) is 38.3 Å². The minimum absolute atomic E-state index is 0.0295. The molecule has 4 rings (SSSR count). The van der Waals surface area contributed by atoms with Crippen molar-refractivity contribution in [3.8, 4) is 16.6 Å². The molecule has 11 nitrogen and oxygen atoms in total. The van der Waals surface area contributed by atoms with E-state index in [0.717, 1.165) is 11.3 Å². The number of alkyl halides is 1. The fraction of sp³-hybridized carbons (Fsp3) is 0.429. The van der Waals surface area contributed by atoms with Crippen LogP contribution < -0.4 is 15.0 Å². The number of carboxylic acid groups (broad SMARTS) is 1. The number of aryl methyl sites for hydroxylation is 1. The summed E-state index contributed by atoms with van der Waals surface area (Å²) < 4.78 is 27.0. The first kappa shape index (κ1) is 26.2. The van der Waals surface area contributed by atoms with Crippen molar-refractivity contribution in [1.29, 1.82) is 0 Å². The molecule has 15 heteroatoms. The number of imidazole rings is 1. The molecular formula is C21H23Cl2FN6O5S. The average Bonchev–Trinajstić information content (AvgIpc) is 3.53. The van der Waals surface area contributed by atoms with Gasteiger partial charge in [-0.1, -0.05) is 34.5 Å². The molecule has 2 atom stereocenters. The normalized spacial score (nSPS) is 17.9. The number of halogens is 3. The maximum atomic E-state index is 15.1. The molecule has 194 valence electrons. The quantitative estimate of drug-likeness (QED) is 0.352. The highest BCUT2D eigenvalue weighted by molar-refractivity contribution is 7.18. The maximum absolute atomic E-state index is 15.1. The fourth-order valence-electron chi connectivity index (χ4n) is 3.83. The number of carbonyl (C=O) groups excluding carboxylic acids is 1. The number of aromatic amines is 1. The third kappa shape index (κ3) is 5.43. The highest BCUT2D eigenvalue weighted by Gasteiger charge is 2.34. The zero-order valence-electron chi connectivity index (χ0n) is 19.3. The lowest BCUT2D eigenvalue weighted by atomic mass is 10.0. The molecule has 1 aliphatic rings. The molecule has 1 amide bonds. The maximum Gasteiger partial charge on any atom is 0.512 e. The topological polar surface area (TPSA) is 135 Å². The van der Waals surface area contributed by atoms with Crippen molar-refractivity contribution in [3.05, 3.63) is 33.8 Å². The van der Waals surface area contributed by atoms with Crippen LogP contribution in [0, 0.1) is 6.92 Å². The van der Waals surface area contributed by atoms with Crippen LogP contribution in [0.25, 0.3) is 11.5 Å². The molecule has 1 aliphatic heterocycles. The molecule has 3 N–H and O–H groups in total. The van der Waals surface area contributed by atoms with Crippen molar-refractivity contribution in [2.45, 2.75) is 32.1 Å². The Balaban J connectivity index is 1.50. The third-order valence-corrected chi connectivity index (χ3v) is 7.58. The summed E-state index contributed by atoms with van der Waals surface area (Å²) in [7, 11) is 1.57. The number of thiazole rings is 1. The Morgan fingerprint density at radius 1 is 1.39 bits per heavy atom. The number of rotatable bonds is 8. The second kappa shape index (κ2) is 11.0.